The Bertz CT molecular complexity index is 722. The zero-order chi connectivity index (χ0) is 17.3. The van der Waals surface area contributed by atoms with Gasteiger partial charge in [-0.05, 0) is 38.3 Å². The van der Waals surface area contributed by atoms with Crippen LogP contribution in [-0.2, 0) is 4.79 Å². The van der Waals surface area contributed by atoms with E-state index in [1.807, 2.05) is 19.1 Å². The first-order chi connectivity index (χ1) is 11.3. The summed E-state index contributed by atoms with van der Waals surface area (Å²) < 4.78 is 38.6. The molecule has 1 aliphatic rings. The zero-order valence-electron chi connectivity index (χ0n) is 13.1. The summed E-state index contributed by atoms with van der Waals surface area (Å²) in [6.45, 7) is 1.99. The second kappa shape index (κ2) is 6.58. The molecular formula is C16H18F3N3OS. The van der Waals surface area contributed by atoms with Crippen molar-refractivity contribution in [3.63, 3.8) is 0 Å². The Kier molecular flexibility index (Phi) is 4.67. The van der Waals surface area contributed by atoms with Crippen LogP contribution in [0.2, 0.25) is 0 Å². The number of rotatable bonds is 3. The lowest BCUT2D eigenvalue weighted by Gasteiger charge is -2.29. The highest BCUT2D eigenvalue weighted by Crippen LogP contribution is 2.40. The van der Waals surface area contributed by atoms with Crippen molar-refractivity contribution in [2.75, 3.05) is 5.32 Å². The van der Waals surface area contributed by atoms with Gasteiger partial charge in [0.15, 0.2) is 5.82 Å². The van der Waals surface area contributed by atoms with E-state index >= 15 is 0 Å². The first-order valence-corrected chi connectivity index (χ1v) is 8.64. The Morgan fingerprint density at radius 1 is 1.38 bits per heavy atom. The highest BCUT2D eigenvalue weighted by atomic mass is 32.1. The molecule has 0 saturated heterocycles. The molecule has 1 amide bonds. The maximum Gasteiger partial charge on any atom is 0.391 e. The van der Waals surface area contributed by atoms with Crippen LogP contribution in [-0.4, -0.2) is 22.3 Å². The molecule has 24 heavy (non-hydrogen) atoms. The molecule has 8 heteroatoms. The van der Waals surface area contributed by atoms with E-state index < -0.39 is 18.0 Å². The molecule has 0 bridgehead atoms. The predicted octanol–water partition coefficient (Wildman–Crippen LogP) is 4.75. The number of nitrogens with zero attached hydrogens (tertiary/aromatic N) is 1. The number of aryl methyl sites for hydroxylation is 1. The standard InChI is InChI=1S/C16H18F3N3OS/c1-9-5-6-13(24-9)12-8-14(22-21-12)20-15(23)10-3-2-4-11(7-10)16(17,18)19/h5-6,8,10-11H,2-4,7H2,1H3,(H2,20,21,22,23). The third-order valence-electron chi connectivity index (χ3n) is 4.34. The summed E-state index contributed by atoms with van der Waals surface area (Å²) in [5, 5.41) is 9.51. The molecule has 0 aromatic carbocycles. The highest BCUT2D eigenvalue weighted by molar-refractivity contribution is 7.15. The van der Waals surface area contributed by atoms with E-state index in [0.29, 0.717) is 18.7 Å². The summed E-state index contributed by atoms with van der Waals surface area (Å²) in [5.74, 6) is -2.04. The smallest absolute Gasteiger partial charge is 0.309 e. The Morgan fingerprint density at radius 2 is 2.17 bits per heavy atom. The molecule has 2 unspecified atom stereocenters. The maximum atomic E-state index is 12.9. The molecule has 0 aliphatic heterocycles. The summed E-state index contributed by atoms with van der Waals surface area (Å²) in [7, 11) is 0. The van der Waals surface area contributed by atoms with Gasteiger partial charge in [0.05, 0.1) is 16.5 Å². The van der Waals surface area contributed by atoms with Crippen LogP contribution in [0.1, 0.15) is 30.6 Å². The van der Waals surface area contributed by atoms with Crippen molar-refractivity contribution < 1.29 is 18.0 Å². The number of anilines is 1. The molecule has 1 fully saturated rings. The number of amides is 1. The van der Waals surface area contributed by atoms with Gasteiger partial charge in [-0.1, -0.05) is 6.42 Å². The van der Waals surface area contributed by atoms with Gasteiger partial charge in [0.2, 0.25) is 5.91 Å². The van der Waals surface area contributed by atoms with Crippen LogP contribution in [0.5, 0.6) is 0 Å². The zero-order valence-corrected chi connectivity index (χ0v) is 13.9. The highest BCUT2D eigenvalue weighted by Gasteiger charge is 2.43. The van der Waals surface area contributed by atoms with Gasteiger partial charge in [-0.15, -0.1) is 11.3 Å². The van der Waals surface area contributed by atoms with E-state index in [-0.39, 0.29) is 18.7 Å². The second-order valence-electron chi connectivity index (χ2n) is 6.17. The van der Waals surface area contributed by atoms with Crippen molar-refractivity contribution in [1.82, 2.24) is 10.2 Å². The molecule has 2 heterocycles. The van der Waals surface area contributed by atoms with Gasteiger partial charge < -0.3 is 5.32 Å². The van der Waals surface area contributed by atoms with Crippen LogP contribution in [0.25, 0.3) is 10.6 Å². The van der Waals surface area contributed by atoms with E-state index in [4.69, 9.17) is 0 Å². The van der Waals surface area contributed by atoms with Gasteiger partial charge in [0.1, 0.15) is 0 Å². The fraction of sp³-hybridized carbons (Fsp3) is 0.500. The summed E-state index contributed by atoms with van der Waals surface area (Å²) in [6.07, 6.45) is -3.36. The van der Waals surface area contributed by atoms with Crippen molar-refractivity contribution in [2.45, 2.75) is 38.8 Å². The minimum atomic E-state index is -4.23. The average molecular weight is 357 g/mol. The van der Waals surface area contributed by atoms with E-state index in [9.17, 15) is 18.0 Å². The lowest BCUT2D eigenvalue weighted by atomic mass is 9.80. The SMILES string of the molecule is Cc1ccc(-c2cc(NC(=O)C3CCCC(C(F)(F)F)C3)n[nH]2)s1. The van der Waals surface area contributed by atoms with Crippen molar-refractivity contribution >= 4 is 23.1 Å². The molecule has 130 valence electrons. The predicted molar refractivity (Wildman–Crippen MR) is 86.8 cm³/mol. The number of nitrogens with one attached hydrogen (secondary N) is 2. The average Bonchev–Trinajstić information content (AvgIpc) is 3.15. The molecule has 1 saturated carbocycles. The number of hydrogen-bond acceptors (Lipinski definition) is 3. The quantitative estimate of drug-likeness (QED) is 0.832. The molecule has 2 aromatic rings. The fourth-order valence-electron chi connectivity index (χ4n) is 3.04. The number of carbonyl (C=O) groups excluding carboxylic acids is 1. The van der Waals surface area contributed by atoms with Crippen LogP contribution in [0.15, 0.2) is 18.2 Å². The number of aromatic nitrogens is 2. The van der Waals surface area contributed by atoms with Crippen molar-refractivity contribution in [3.8, 4) is 10.6 Å². The summed E-state index contributed by atoms with van der Waals surface area (Å²) >= 11 is 1.60. The molecule has 4 nitrogen and oxygen atoms in total. The summed E-state index contributed by atoms with van der Waals surface area (Å²) in [5.41, 5.74) is 0.778. The van der Waals surface area contributed by atoms with Crippen LogP contribution >= 0.6 is 11.3 Å². The molecule has 1 aliphatic carbocycles. The van der Waals surface area contributed by atoms with Crippen molar-refractivity contribution in [3.05, 3.63) is 23.1 Å². The number of alkyl halides is 3. The van der Waals surface area contributed by atoms with Crippen LogP contribution in [0, 0.1) is 18.8 Å². The lowest BCUT2D eigenvalue weighted by Crippen LogP contribution is -2.34. The van der Waals surface area contributed by atoms with Gasteiger partial charge in [0.25, 0.3) is 0 Å². The lowest BCUT2D eigenvalue weighted by molar-refractivity contribution is -0.185. The van der Waals surface area contributed by atoms with Crippen molar-refractivity contribution in [1.29, 1.82) is 0 Å². The molecule has 0 spiro atoms. The Balaban J connectivity index is 1.64. The van der Waals surface area contributed by atoms with Gasteiger partial charge >= 0.3 is 6.18 Å². The summed E-state index contributed by atoms with van der Waals surface area (Å²) in [4.78, 5) is 14.4. The number of halogens is 3. The van der Waals surface area contributed by atoms with Gasteiger partial charge in [0, 0.05) is 16.9 Å². The third kappa shape index (κ3) is 3.80. The number of carbonyl (C=O) groups is 1. The first kappa shape index (κ1) is 17.0. The van der Waals surface area contributed by atoms with Gasteiger partial charge in [-0.2, -0.15) is 18.3 Å². The minimum Gasteiger partial charge on any atom is -0.309 e. The summed E-state index contributed by atoms with van der Waals surface area (Å²) in [6, 6.07) is 5.64. The van der Waals surface area contributed by atoms with Gasteiger partial charge in [-0.25, -0.2) is 0 Å². The molecule has 0 radical (unpaired) electrons. The minimum absolute atomic E-state index is 0.109. The van der Waals surface area contributed by atoms with E-state index in [2.05, 4.69) is 15.5 Å². The normalized spacial score (nSPS) is 21.7. The number of thiophene rings is 1. The largest absolute Gasteiger partial charge is 0.391 e. The second-order valence-corrected chi connectivity index (χ2v) is 7.46. The Hall–Kier alpha value is -1.83. The monoisotopic (exact) mass is 357 g/mol. The first-order valence-electron chi connectivity index (χ1n) is 7.82. The van der Waals surface area contributed by atoms with Crippen LogP contribution < -0.4 is 5.32 Å². The molecule has 2 N–H and O–H groups in total. The molecule has 2 aromatic heterocycles. The Morgan fingerprint density at radius 3 is 2.83 bits per heavy atom. The maximum absolute atomic E-state index is 12.9. The molecule has 2 atom stereocenters. The van der Waals surface area contributed by atoms with E-state index in [1.165, 1.54) is 0 Å². The number of aromatic amines is 1. The van der Waals surface area contributed by atoms with Gasteiger partial charge in [-0.3, -0.25) is 9.89 Å². The molecule has 3 rings (SSSR count). The molecular weight excluding hydrogens is 339 g/mol. The topological polar surface area (TPSA) is 57.8 Å². The van der Waals surface area contributed by atoms with Crippen LogP contribution in [0.3, 0.4) is 0 Å². The number of H-pyrrole nitrogens is 1. The van der Waals surface area contributed by atoms with E-state index in [1.54, 1.807) is 17.4 Å². The van der Waals surface area contributed by atoms with Crippen molar-refractivity contribution in [2.24, 2.45) is 11.8 Å². The fourth-order valence-corrected chi connectivity index (χ4v) is 3.88. The van der Waals surface area contributed by atoms with E-state index in [0.717, 1.165) is 15.4 Å². The van der Waals surface area contributed by atoms with Crippen LogP contribution in [0.4, 0.5) is 19.0 Å². The Labute approximate surface area is 141 Å². The number of hydrogen-bond donors (Lipinski definition) is 2. The third-order valence-corrected chi connectivity index (χ3v) is 5.38.